The van der Waals surface area contributed by atoms with Crippen molar-refractivity contribution in [2.45, 2.75) is 50.7 Å². The van der Waals surface area contributed by atoms with E-state index in [0.717, 1.165) is 0 Å². The number of esters is 2. The first-order valence-electron chi connectivity index (χ1n) is 7.22. The van der Waals surface area contributed by atoms with Crippen LogP contribution in [0.2, 0.25) is 0 Å². The monoisotopic (exact) mass is 330 g/mol. The average Bonchev–Trinajstić information content (AvgIpc) is 2.49. The van der Waals surface area contributed by atoms with Gasteiger partial charge in [-0.3, -0.25) is 0 Å². The van der Waals surface area contributed by atoms with Gasteiger partial charge in [-0.25, -0.2) is 9.59 Å². The fourth-order valence-electron chi connectivity index (χ4n) is 1.61. The Kier molecular flexibility index (Phi) is 8.33. The summed E-state index contributed by atoms with van der Waals surface area (Å²) in [7, 11) is 0. The van der Waals surface area contributed by atoms with Crippen LogP contribution in [0, 0.1) is 0 Å². The largest absolute Gasteiger partial charge is 0.393 e. The van der Waals surface area contributed by atoms with E-state index >= 15 is 0 Å². The molecule has 0 aliphatic heterocycles. The third-order valence-corrected chi connectivity index (χ3v) is 3.40. The molecule has 23 heavy (non-hydrogen) atoms. The Morgan fingerprint density at radius 1 is 0.870 bits per heavy atom. The molecule has 7 heteroatoms. The van der Waals surface area contributed by atoms with Gasteiger partial charge in [-0.15, -0.1) is 13.2 Å². The van der Waals surface area contributed by atoms with Crippen LogP contribution in [-0.2, 0) is 14.3 Å². The van der Waals surface area contributed by atoms with Crippen LogP contribution in [-0.4, -0.2) is 56.8 Å². The number of hydrogen-bond donors (Lipinski definition) is 4. The average molecular weight is 330 g/mol. The summed E-state index contributed by atoms with van der Waals surface area (Å²) >= 11 is 0. The lowest BCUT2D eigenvalue weighted by atomic mass is 9.95. The van der Waals surface area contributed by atoms with Crippen molar-refractivity contribution in [3.63, 3.8) is 0 Å². The third kappa shape index (κ3) is 6.62. The summed E-state index contributed by atoms with van der Waals surface area (Å²) in [6.45, 7) is 8.68. The number of carbonyl (C=O) groups is 2. The van der Waals surface area contributed by atoms with Gasteiger partial charge >= 0.3 is 11.9 Å². The Morgan fingerprint density at radius 3 is 1.39 bits per heavy atom. The first-order valence-corrected chi connectivity index (χ1v) is 7.22. The Labute approximate surface area is 135 Å². The highest BCUT2D eigenvalue weighted by Crippen LogP contribution is 2.21. The minimum absolute atomic E-state index is 0.186. The van der Waals surface area contributed by atoms with Crippen molar-refractivity contribution in [1.29, 1.82) is 0 Å². The highest BCUT2D eigenvalue weighted by Gasteiger charge is 2.43. The van der Waals surface area contributed by atoms with E-state index in [1.807, 2.05) is 0 Å². The first kappa shape index (κ1) is 21.5. The molecule has 4 N–H and O–H groups in total. The lowest BCUT2D eigenvalue weighted by Gasteiger charge is -2.27. The predicted octanol–water partition coefficient (Wildman–Crippen LogP) is 0.216. The van der Waals surface area contributed by atoms with E-state index in [4.69, 9.17) is 0 Å². The van der Waals surface area contributed by atoms with E-state index in [2.05, 4.69) is 17.9 Å². The molecular weight excluding hydrogens is 304 g/mol. The molecule has 0 aromatic heterocycles. The molecule has 2 atom stereocenters. The summed E-state index contributed by atoms with van der Waals surface area (Å²) in [5.74, 6) is -2.76. The van der Waals surface area contributed by atoms with Crippen LogP contribution < -0.4 is 0 Å². The first-order chi connectivity index (χ1) is 10.5. The molecule has 0 bridgehead atoms. The minimum atomic E-state index is -2.28. The molecule has 0 saturated carbocycles. The maximum Gasteiger partial charge on any atom is 0.348 e. The number of aliphatic hydroxyl groups excluding tert-OH is 2. The second-order valence-electron chi connectivity index (χ2n) is 5.97. The fraction of sp³-hybridized carbons (Fsp3) is 0.625. The normalized spacial score (nSPS) is 16.1. The summed E-state index contributed by atoms with van der Waals surface area (Å²) in [5, 5.41) is 38.5. The van der Waals surface area contributed by atoms with E-state index in [-0.39, 0.29) is 25.7 Å². The van der Waals surface area contributed by atoms with Gasteiger partial charge in [0.25, 0.3) is 0 Å². The van der Waals surface area contributed by atoms with Gasteiger partial charge in [0.2, 0.25) is 0 Å². The molecule has 0 aromatic rings. The van der Waals surface area contributed by atoms with Crippen molar-refractivity contribution in [2.24, 2.45) is 0 Å². The Morgan fingerprint density at radius 2 is 1.17 bits per heavy atom. The lowest BCUT2D eigenvalue weighted by Crippen LogP contribution is -2.50. The molecule has 0 aromatic carbocycles. The van der Waals surface area contributed by atoms with Gasteiger partial charge in [0, 0.05) is 0 Å². The number of aliphatic hydroxyl groups is 4. The Hall–Kier alpha value is -1.54. The number of hydrogen-bond acceptors (Lipinski definition) is 7. The Bertz CT molecular complexity index is 429. The topological polar surface area (TPSA) is 124 Å². The second-order valence-corrected chi connectivity index (χ2v) is 5.97. The zero-order chi connectivity index (χ0) is 18.3. The van der Waals surface area contributed by atoms with Crippen molar-refractivity contribution >= 4 is 11.9 Å². The van der Waals surface area contributed by atoms with Crippen molar-refractivity contribution in [1.82, 2.24) is 0 Å². The number of ether oxygens (including phenoxy) is 1. The van der Waals surface area contributed by atoms with Gasteiger partial charge in [0.15, 0.2) is 11.2 Å². The van der Waals surface area contributed by atoms with Crippen LogP contribution in [0.3, 0.4) is 0 Å². The predicted molar refractivity (Wildman–Crippen MR) is 83.3 cm³/mol. The molecule has 0 heterocycles. The number of rotatable bonds is 10. The van der Waals surface area contributed by atoms with Gasteiger partial charge in [0.1, 0.15) is 0 Å². The molecule has 0 radical (unpaired) electrons. The molecule has 0 spiro atoms. The van der Waals surface area contributed by atoms with Crippen molar-refractivity contribution in [3.8, 4) is 0 Å². The Balaban J connectivity index is 4.98. The highest BCUT2D eigenvalue weighted by molar-refractivity contribution is 5.94. The smallest absolute Gasteiger partial charge is 0.348 e. The van der Waals surface area contributed by atoms with Crippen LogP contribution in [0.1, 0.15) is 39.5 Å². The van der Waals surface area contributed by atoms with Crippen LogP contribution in [0.5, 0.6) is 0 Å². The molecule has 7 nitrogen and oxygen atoms in total. The second kappa shape index (κ2) is 8.93. The van der Waals surface area contributed by atoms with Crippen molar-refractivity contribution in [3.05, 3.63) is 24.3 Å². The summed E-state index contributed by atoms with van der Waals surface area (Å²) in [6.07, 6.45) is 0.100. The van der Waals surface area contributed by atoms with Gasteiger partial charge in [0.05, 0.1) is 13.2 Å². The van der Waals surface area contributed by atoms with Gasteiger partial charge in [-0.2, -0.15) is 0 Å². The molecule has 2 unspecified atom stereocenters. The van der Waals surface area contributed by atoms with Crippen LogP contribution >= 0.6 is 0 Å². The van der Waals surface area contributed by atoms with Crippen LogP contribution in [0.4, 0.5) is 0 Å². The van der Waals surface area contributed by atoms with Crippen LogP contribution in [0.25, 0.3) is 0 Å². The van der Waals surface area contributed by atoms with E-state index in [1.165, 1.54) is 0 Å². The summed E-state index contributed by atoms with van der Waals surface area (Å²) in [5.41, 5.74) is -3.22. The zero-order valence-corrected chi connectivity index (χ0v) is 13.7. The highest BCUT2D eigenvalue weighted by atomic mass is 16.6. The van der Waals surface area contributed by atoms with Crippen LogP contribution in [0.15, 0.2) is 24.3 Å². The quantitative estimate of drug-likeness (QED) is 0.256. The van der Waals surface area contributed by atoms with E-state index < -0.39 is 36.4 Å². The van der Waals surface area contributed by atoms with E-state index in [1.54, 1.807) is 13.8 Å². The summed E-state index contributed by atoms with van der Waals surface area (Å²) in [4.78, 5) is 23.9. The number of carbonyl (C=O) groups excluding carboxylic acids is 2. The molecule has 0 aliphatic carbocycles. The summed E-state index contributed by atoms with van der Waals surface area (Å²) < 4.78 is 4.47. The van der Waals surface area contributed by atoms with Crippen molar-refractivity contribution in [2.75, 3.05) is 13.2 Å². The van der Waals surface area contributed by atoms with E-state index in [0.29, 0.717) is 11.1 Å². The zero-order valence-electron chi connectivity index (χ0n) is 13.7. The van der Waals surface area contributed by atoms with E-state index in [9.17, 15) is 30.0 Å². The fourth-order valence-corrected chi connectivity index (χ4v) is 1.61. The lowest BCUT2D eigenvalue weighted by molar-refractivity contribution is -0.190. The van der Waals surface area contributed by atoms with Gasteiger partial charge in [-0.1, -0.05) is 11.1 Å². The van der Waals surface area contributed by atoms with Gasteiger partial charge in [-0.05, 0) is 39.5 Å². The third-order valence-electron chi connectivity index (χ3n) is 3.40. The number of allylic oxidation sites excluding steroid dienone is 2. The molecule has 0 amide bonds. The minimum Gasteiger partial charge on any atom is -0.393 e. The molecular formula is C16H26O7. The van der Waals surface area contributed by atoms with Crippen molar-refractivity contribution < 1.29 is 34.8 Å². The molecule has 0 aliphatic rings. The standard InChI is InChI=1S/C16H26O7/c1-11(2)5-7-15(21,9-17)13(19)23-14(20)16(22,10-18)8-6-12(3)4/h17-18,21-22H,1,3,5-10H2,2,4H3. The molecule has 132 valence electrons. The molecule has 0 fully saturated rings. The molecule has 0 rings (SSSR count). The summed E-state index contributed by atoms with van der Waals surface area (Å²) in [6, 6.07) is 0. The SMILES string of the molecule is C=C(C)CCC(O)(CO)C(=O)OC(=O)C(O)(CO)CCC(=C)C. The maximum absolute atomic E-state index is 11.9. The molecule has 0 saturated heterocycles. The van der Waals surface area contributed by atoms with Gasteiger partial charge < -0.3 is 25.2 Å². The maximum atomic E-state index is 11.9.